The molecule has 26 heavy (non-hydrogen) atoms. The molecule has 134 valence electrons. The normalized spacial score (nSPS) is 11.2. The van der Waals surface area contributed by atoms with E-state index in [2.05, 4.69) is 36.8 Å². The number of carbonyl (C=O) groups is 2. The van der Waals surface area contributed by atoms with Gasteiger partial charge in [0.2, 0.25) is 5.76 Å². The first-order valence-corrected chi connectivity index (χ1v) is 8.06. The van der Waals surface area contributed by atoms with E-state index in [0.717, 1.165) is 5.56 Å². The fraction of sp³-hybridized carbons (Fsp3) is 0.211. The van der Waals surface area contributed by atoms with Gasteiger partial charge in [-0.2, -0.15) is 0 Å². The Labute approximate surface area is 150 Å². The summed E-state index contributed by atoms with van der Waals surface area (Å²) in [7, 11) is 0. The summed E-state index contributed by atoms with van der Waals surface area (Å²) < 4.78 is 10.2. The number of hydrogen-bond donors (Lipinski definition) is 2. The minimum Gasteiger partial charge on any atom is -0.461 e. The number of hydrogen-bond acceptors (Lipinski definition) is 5. The van der Waals surface area contributed by atoms with Crippen molar-refractivity contribution in [3.8, 4) is 11.5 Å². The van der Waals surface area contributed by atoms with Crippen LogP contribution in [0, 0.1) is 0 Å². The van der Waals surface area contributed by atoms with E-state index >= 15 is 0 Å². The molecule has 0 aliphatic heterocycles. The molecule has 2 aromatic heterocycles. The topological polar surface area (TPSA) is 97.4 Å². The Kier molecular flexibility index (Phi) is 4.62. The molecule has 7 nitrogen and oxygen atoms in total. The first kappa shape index (κ1) is 17.5. The predicted molar refractivity (Wildman–Crippen MR) is 94.3 cm³/mol. The Bertz CT molecular complexity index is 903. The van der Waals surface area contributed by atoms with E-state index in [9.17, 15) is 9.59 Å². The lowest BCUT2D eigenvalue weighted by atomic mass is 9.87. The third-order valence-electron chi connectivity index (χ3n) is 3.81. The summed E-state index contributed by atoms with van der Waals surface area (Å²) in [5.74, 6) is -0.233. The summed E-state index contributed by atoms with van der Waals surface area (Å²) in [5.41, 5.74) is 6.25. The van der Waals surface area contributed by atoms with Crippen LogP contribution in [0.1, 0.15) is 47.2 Å². The summed E-state index contributed by atoms with van der Waals surface area (Å²) in [4.78, 5) is 24.2. The molecule has 3 aromatic rings. The molecular formula is C19H19N3O4. The molecule has 0 aliphatic carbocycles. The van der Waals surface area contributed by atoms with Crippen LogP contribution in [0.3, 0.4) is 0 Å². The highest BCUT2D eigenvalue weighted by atomic mass is 16.5. The molecule has 0 aliphatic rings. The Morgan fingerprint density at radius 1 is 0.962 bits per heavy atom. The van der Waals surface area contributed by atoms with Crippen LogP contribution in [0.5, 0.6) is 0 Å². The number of rotatable bonds is 3. The molecular weight excluding hydrogens is 334 g/mol. The number of amides is 2. The van der Waals surface area contributed by atoms with E-state index in [1.807, 2.05) is 12.1 Å². The Hall–Kier alpha value is -3.35. The van der Waals surface area contributed by atoms with Crippen molar-refractivity contribution in [3.63, 3.8) is 0 Å². The Morgan fingerprint density at radius 3 is 2.27 bits per heavy atom. The second-order valence-corrected chi connectivity index (χ2v) is 6.79. The SMILES string of the molecule is CC(C)(C)c1ccc(C(=O)NNC(=O)c2cc(-c3ccco3)on2)cc1. The molecule has 0 unspecified atom stereocenters. The molecule has 2 heterocycles. The number of furan rings is 1. The van der Waals surface area contributed by atoms with Crippen LogP contribution in [-0.2, 0) is 5.41 Å². The molecule has 7 heteroatoms. The van der Waals surface area contributed by atoms with Crippen molar-refractivity contribution in [2.45, 2.75) is 26.2 Å². The summed E-state index contributed by atoms with van der Waals surface area (Å²) >= 11 is 0. The van der Waals surface area contributed by atoms with Gasteiger partial charge in [-0.25, -0.2) is 0 Å². The van der Waals surface area contributed by atoms with Gasteiger partial charge in [0.15, 0.2) is 11.5 Å². The van der Waals surface area contributed by atoms with Crippen molar-refractivity contribution >= 4 is 11.8 Å². The minimum atomic E-state index is -0.591. The lowest BCUT2D eigenvalue weighted by molar-refractivity contribution is 0.0841. The van der Waals surface area contributed by atoms with Crippen molar-refractivity contribution in [3.05, 3.63) is 65.5 Å². The predicted octanol–water partition coefficient (Wildman–Crippen LogP) is 3.31. The van der Waals surface area contributed by atoms with E-state index in [4.69, 9.17) is 8.94 Å². The van der Waals surface area contributed by atoms with Crippen molar-refractivity contribution < 1.29 is 18.5 Å². The molecule has 1 aromatic carbocycles. The summed E-state index contributed by atoms with van der Waals surface area (Å²) in [5, 5.41) is 3.66. The van der Waals surface area contributed by atoms with Crippen molar-refractivity contribution in [1.29, 1.82) is 0 Å². The van der Waals surface area contributed by atoms with Crippen LogP contribution in [0.4, 0.5) is 0 Å². The van der Waals surface area contributed by atoms with E-state index in [1.54, 1.807) is 24.3 Å². The third-order valence-corrected chi connectivity index (χ3v) is 3.81. The van der Waals surface area contributed by atoms with E-state index < -0.39 is 11.8 Å². The lowest BCUT2D eigenvalue weighted by Crippen LogP contribution is -2.41. The molecule has 3 rings (SSSR count). The average molecular weight is 353 g/mol. The molecule has 0 atom stereocenters. The Balaban J connectivity index is 1.60. The number of carbonyl (C=O) groups excluding carboxylic acids is 2. The zero-order chi connectivity index (χ0) is 18.7. The van der Waals surface area contributed by atoms with Gasteiger partial charge >= 0.3 is 0 Å². The molecule has 0 bridgehead atoms. The largest absolute Gasteiger partial charge is 0.461 e. The average Bonchev–Trinajstić information content (AvgIpc) is 3.29. The zero-order valence-corrected chi connectivity index (χ0v) is 14.7. The minimum absolute atomic E-state index is 0.00186. The first-order valence-electron chi connectivity index (χ1n) is 8.06. The lowest BCUT2D eigenvalue weighted by Gasteiger charge is -2.19. The van der Waals surface area contributed by atoms with Crippen LogP contribution in [0.2, 0.25) is 0 Å². The maximum absolute atomic E-state index is 12.1. The molecule has 0 saturated carbocycles. The van der Waals surface area contributed by atoms with E-state index in [1.165, 1.54) is 12.3 Å². The number of nitrogens with one attached hydrogen (secondary N) is 2. The second-order valence-electron chi connectivity index (χ2n) is 6.79. The van der Waals surface area contributed by atoms with Gasteiger partial charge in [0.25, 0.3) is 11.8 Å². The molecule has 0 saturated heterocycles. The number of aromatic nitrogens is 1. The highest BCUT2D eigenvalue weighted by Crippen LogP contribution is 2.22. The molecule has 0 radical (unpaired) electrons. The third kappa shape index (κ3) is 3.83. The van der Waals surface area contributed by atoms with Crippen LogP contribution in [0.25, 0.3) is 11.5 Å². The van der Waals surface area contributed by atoms with Crippen LogP contribution in [-0.4, -0.2) is 17.0 Å². The fourth-order valence-corrected chi connectivity index (χ4v) is 2.29. The van der Waals surface area contributed by atoms with Gasteiger partial charge in [-0.1, -0.05) is 38.1 Å². The summed E-state index contributed by atoms with van der Waals surface area (Å²) in [6.45, 7) is 6.28. The standard InChI is InChI=1S/C19H19N3O4/c1-19(2,3)13-8-6-12(7-9-13)17(23)20-21-18(24)14-11-16(26-22-14)15-5-4-10-25-15/h4-11H,1-3H3,(H,20,23)(H,21,24). The van der Waals surface area contributed by atoms with Crippen molar-refractivity contribution in [2.24, 2.45) is 0 Å². The maximum Gasteiger partial charge on any atom is 0.291 e. The van der Waals surface area contributed by atoms with Gasteiger partial charge in [0, 0.05) is 11.6 Å². The Morgan fingerprint density at radius 2 is 1.65 bits per heavy atom. The van der Waals surface area contributed by atoms with E-state index in [-0.39, 0.29) is 11.1 Å². The van der Waals surface area contributed by atoms with Gasteiger partial charge in [-0.15, -0.1) is 0 Å². The van der Waals surface area contributed by atoms with Gasteiger partial charge in [-0.05, 0) is 35.2 Å². The van der Waals surface area contributed by atoms with Crippen LogP contribution in [0.15, 0.2) is 57.7 Å². The molecule has 0 fully saturated rings. The van der Waals surface area contributed by atoms with Crippen molar-refractivity contribution in [1.82, 2.24) is 16.0 Å². The number of hydrazine groups is 1. The summed E-state index contributed by atoms with van der Waals surface area (Å²) in [6, 6.07) is 12.0. The maximum atomic E-state index is 12.1. The zero-order valence-electron chi connectivity index (χ0n) is 14.7. The number of benzene rings is 1. The quantitative estimate of drug-likeness (QED) is 0.704. The van der Waals surface area contributed by atoms with Gasteiger partial charge in [-0.3, -0.25) is 20.4 Å². The van der Waals surface area contributed by atoms with E-state index in [0.29, 0.717) is 17.1 Å². The number of nitrogens with zero attached hydrogens (tertiary/aromatic N) is 1. The van der Waals surface area contributed by atoms with Crippen molar-refractivity contribution in [2.75, 3.05) is 0 Å². The van der Waals surface area contributed by atoms with Gasteiger partial charge in [0.05, 0.1) is 6.26 Å². The molecule has 2 N–H and O–H groups in total. The smallest absolute Gasteiger partial charge is 0.291 e. The summed E-state index contributed by atoms with van der Waals surface area (Å²) in [6.07, 6.45) is 1.49. The highest BCUT2D eigenvalue weighted by Gasteiger charge is 2.17. The molecule has 2 amide bonds. The fourth-order valence-electron chi connectivity index (χ4n) is 2.29. The van der Waals surface area contributed by atoms with Gasteiger partial charge < -0.3 is 8.94 Å². The first-order chi connectivity index (χ1) is 12.3. The monoisotopic (exact) mass is 353 g/mol. The highest BCUT2D eigenvalue weighted by molar-refractivity contribution is 5.98. The van der Waals surface area contributed by atoms with Crippen LogP contribution < -0.4 is 10.9 Å². The van der Waals surface area contributed by atoms with Gasteiger partial charge in [0.1, 0.15) is 0 Å². The second kappa shape index (κ2) is 6.87. The van der Waals surface area contributed by atoms with Crippen LogP contribution >= 0.6 is 0 Å². The molecule has 0 spiro atoms.